The summed E-state index contributed by atoms with van der Waals surface area (Å²) in [4.78, 5) is 30.7. The van der Waals surface area contributed by atoms with Crippen LogP contribution in [0.15, 0.2) is 87.4 Å². The molecule has 0 bridgehead atoms. The Labute approximate surface area is 203 Å². The molecule has 1 aromatic heterocycles. The normalized spacial score (nSPS) is 10.8. The van der Waals surface area contributed by atoms with Gasteiger partial charge in [0, 0.05) is 9.92 Å². The third kappa shape index (κ3) is 5.05. The van der Waals surface area contributed by atoms with Crippen LogP contribution in [0.1, 0.15) is 17.3 Å². The minimum atomic E-state index is -0.799. The van der Waals surface area contributed by atoms with Crippen LogP contribution in [-0.2, 0) is 4.74 Å². The molecule has 1 N–H and O–H groups in total. The maximum atomic E-state index is 13.8. The Kier molecular flexibility index (Phi) is 7.14. The molecule has 0 amide bonds. The number of carbonyl (C=O) groups excluding carboxylic acids is 1. The molecule has 0 saturated heterocycles. The van der Waals surface area contributed by atoms with Crippen molar-refractivity contribution in [3.63, 3.8) is 0 Å². The van der Waals surface area contributed by atoms with Crippen LogP contribution in [0.2, 0.25) is 5.02 Å². The van der Waals surface area contributed by atoms with E-state index < -0.39 is 23.0 Å². The number of aromatic amines is 1. The Morgan fingerprint density at radius 1 is 0.882 bits per heavy atom. The molecule has 0 spiro atoms. The van der Waals surface area contributed by atoms with Crippen molar-refractivity contribution in [2.75, 3.05) is 6.61 Å². The van der Waals surface area contributed by atoms with Crippen LogP contribution in [0.4, 0.5) is 8.78 Å². The molecule has 0 aliphatic rings. The predicted octanol–water partition coefficient (Wildman–Crippen LogP) is 6.97. The zero-order valence-electron chi connectivity index (χ0n) is 17.9. The number of pyridine rings is 1. The number of aromatic nitrogens is 1. The van der Waals surface area contributed by atoms with Gasteiger partial charge in [0.05, 0.1) is 22.9 Å². The molecule has 0 atom stereocenters. The lowest BCUT2D eigenvalue weighted by Gasteiger charge is -2.16. The van der Waals surface area contributed by atoms with Gasteiger partial charge in [0.15, 0.2) is 0 Å². The average molecular weight is 498 g/mol. The highest BCUT2D eigenvalue weighted by Gasteiger charge is 2.25. The van der Waals surface area contributed by atoms with Crippen LogP contribution < -0.4 is 5.43 Å². The monoisotopic (exact) mass is 497 g/mol. The van der Waals surface area contributed by atoms with Crippen molar-refractivity contribution in [1.82, 2.24) is 4.98 Å². The zero-order valence-corrected chi connectivity index (χ0v) is 19.5. The van der Waals surface area contributed by atoms with E-state index in [-0.39, 0.29) is 22.8 Å². The van der Waals surface area contributed by atoms with E-state index in [1.54, 1.807) is 31.2 Å². The number of H-pyrrole nitrogens is 1. The fourth-order valence-electron chi connectivity index (χ4n) is 3.35. The van der Waals surface area contributed by atoms with E-state index in [9.17, 15) is 18.4 Å². The van der Waals surface area contributed by atoms with Crippen LogP contribution in [0, 0.1) is 11.6 Å². The van der Waals surface area contributed by atoms with Gasteiger partial charge in [-0.25, -0.2) is 13.6 Å². The van der Waals surface area contributed by atoms with Crippen LogP contribution in [0.5, 0.6) is 0 Å². The number of ether oxygens (including phenoxy) is 1. The molecule has 0 unspecified atom stereocenters. The minimum Gasteiger partial charge on any atom is -0.462 e. The molecule has 8 heteroatoms. The first-order valence-electron chi connectivity index (χ1n) is 10.3. The summed E-state index contributed by atoms with van der Waals surface area (Å²) in [7, 11) is 0. The highest BCUT2D eigenvalue weighted by molar-refractivity contribution is 7.99. The summed E-state index contributed by atoms with van der Waals surface area (Å²) in [6, 6.07) is 17.9. The van der Waals surface area contributed by atoms with Crippen molar-refractivity contribution in [1.29, 1.82) is 0 Å². The molecule has 0 radical (unpaired) electrons. The molecule has 4 aromatic rings. The maximum absolute atomic E-state index is 13.8. The Morgan fingerprint density at radius 3 is 1.94 bits per heavy atom. The number of rotatable bonds is 6. The van der Waals surface area contributed by atoms with Crippen molar-refractivity contribution >= 4 is 29.3 Å². The van der Waals surface area contributed by atoms with Crippen LogP contribution in [-0.4, -0.2) is 17.6 Å². The molecule has 0 saturated carbocycles. The maximum Gasteiger partial charge on any atom is 0.344 e. The van der Waals surface area contributed by atoms with Crippen molar-refractivity contribution in [3.8, 4) is 22.5 Å². The molecule has 1 heterocycles. The first-order valence-corrected chi connectivity index (χ1v) is 11.5. The SMILES string of the molecule is CCOC(=O)c1c(-c2ccc(F)cc2)[nH]c(-c2ccc(F)cc2)c(Sc2ccc(Cl)cc2)c1=O. The third-order valence-electron chi connectivity index (χ3n) is 4.94. The molecule has 4 nitrogen and oxygen atoms in total. The summed E-state index contributed by atoms with van der Waals surface area (Å²) in [5, 5.41) is 0.538. The number of halogens is 3. The second-order valence-corrected chi connectivity index (χ2v) is 8.72. The zero-order chi connectivity index (χ0) is 24.2. The third-order valence-corrected chi connectivity index (χ3v) is 6.29. The van der Waals surface area contributed by atoms with E-state index in [2.05, 4.69) is 4.98 Å². The average Bonchev–Trinajstić information content (AvgIpc) is 2.82. The molecular weight excluding hydrogens is 480 g/mol. The van der Waals surface area contributed by atoms with Gasteiger partial charge in [0.2, 0.25) is 5.43 Å². The summed E-state index contributed by atoms with van der Waals surface area (Å²) >= 11 is 7.13. The predicted molar refractivity (Wildman–Crippen MR) is 129 cm³/mol. The lowest BCUT2D eigenvalue weighted by atomic mass is 10.0. The minimum absolute atomic E-state index is 0.0699. The molecule has 0 fully saturated rings. The Balaban J connectivity index is 2.01. The molecule has 0 aliphatic carbocycles. The summed E-state index contributed by atoms with van der Waals surface area (Å²) in [5.74, 6) is -1.69. The van der Waals surface area contributed by atoms with E-state index in [4.69, 9.17) is 16.3 Å². The smallest absolute Gasteiger partial charge is 0.344 e. The molecule has 34 heavy (non-hydrogen) atoms. The quantitative estimate of drug-likeness (QED) is 0.292. The number of benzene rings is 3. The van der Waals surface area contributed by atoms with Crippen molar-refractivity contribution in [3.05, 3.63) is 105 Å². The largest absolute Gasteiger partial charge is 0.462 e. The lowest BCUT2D eigenvalue weighted by Crippen LogP contribution is -2.22. The first kappa shape index (κ1) is 23.7. The van der Waals surface area contributed by atoms with Crippen molar-refractivity contribution in [2.24, 2.45) is 0 Å². The molecule has 0 aliphatic heterocycles. The number of hydrogen-bond donors (Lipinski definition) is 1. The summed E-state index contributed by atoms with van der Waals surface area (Å²) < 4.78 is 32.4. The van der Waals surface area contributed by atoms with Crippen molar-refractivity contribution in [2.45, 2.75) is 16.7 Å². The van der Waals surface area contributed by atoms with Gasteiger partial charge in [-0.1, -0.05) is 23.4 Å². The first-order chi connectivity index (χ1) is 16.4. The summed E-state index contributed by atoms with van der Waals surface area (Å²) in [6.45, 7) is 1.71. The Hall–Kier alpha value is -3.42. The van der Waals surface area contributed by atoms with Gasteiger partial charge in [-0.2, -0.15) is 0 Å². The van der Waals surface area contributed by atoms with Gasteiger partial charge in [-0.05, 0) is 90.8 Å². The van der Waals surface area contributed by atoms with Crippen LogP contribution >= 0.6 is 23.4 Å². The highest BCUT2D eigenvalue weighted by atomic mass is 35.5. The molecular formula is C26H18ClF2NO3S. The fourth-order valence-corrected chi connectivity index (χ4v) is 4.45. The summed E-state index contributed by atoms with van der Waals surface area (Å²) in [5.41, 5.74) is 0.772. The Bertz CT molecular complexity index is 1390. The van der Waals surface area contributed by atoms with Crippen LogP contribution in [0.3, 0.4) is 0 Å². The highest BCUT2D eigenvalue weighted by Crippen LogP contribution is 2.36. The van der Waals surface area contributed by atoms with Gasteiger partial charge in [0.25, 0.3) is 0 Å². The number of nitrogens with one attached hydrogen (secondary N) is 1. The lowest BCUT2D eigenvalue weighted by molar-refractivity contribution is 0.0525. The van der Waals surface area contributed by atoms with Gasteiger partial charge in [-0.3, -0.25) is 4.79 Å². The van der Waals surface area contributed by atoms with Gasteiger partial charge < -0.3 is 9.72 Å². The second kappa shape index (κ2) is 10.2. The van der Waals surface area contributed by atoms with Crippen molar-refractivity contribution < 1.29 is 18.3 Å². The topological polar surface area (TPSA) is 59.2 Å². The number of carbonyl (C=O) groups is 1. The second-order valence-electron chi connectivity index (χ2n) is 7.20. The fraction of sp³-hybridized carbons (Fsp3) is 0.0769. The van der Waals surface area contributed by atoms with E-state index in [1.165, 1.54) is 48.5 Å². The van der Waals surface area contributed by atoms with E-state index in [1.807, 2.05) is 0 Å². The Morgan fingerprint density at radius 2 is 1.41 bits per heavy atom. The standard InChI is InChI=1S/C26H18ClF2NO3S/c1-2-33-26(32)21-22(15-3-9-18(28)10-4-15)30-23(16-5-11-19(29)12-6-16)25(24(21)31)34-20-13-7-17(27)8-14-20/h3-14H,2H2,1H3,(H,30,31). The van der Waals surface area contributed by atoms with Gasteiger partial charge in [0.1, 0.15) is 17.2 Å². The molecule has 3 aromatic carbocycles. The van der Waals surface area contributed by atoms with Gasteiger partial charge in [-0.15, -0.1) is 0 Å². The van der Waals surface area contributed by atoms with Gasteiger partial charge >= 0.3 is 5.97 Å². The summed E-state index contributed by atoms with van der Waals surface area (Å²) in [6.07, 6.45) is 0. The molecule has 4 rings (SSSR count). The number of esters is 1. The van der Waals surface area contributed by atoms with E-state index >= 15 is 0 Å². The van der Waals surface area contributed by atoms with E-state index in [0.717, 1.165) is 11.8 Å². The number of hydrogen-bond acceptors (Lipinski definition) is 4. The molecule has 172 valence electrons. The van der Waals surface area contributed by atoms with Crippen LogP contribution in [0.25, 0.3) is 22.5 Å². The van der Waals surface area contributed by atoms with E-state index in [0.29, 0.717) is 26.7 Å².